The largest absolute Gasteiger partial charge is 0.380 e. The Balaban J connectivity index is 4.09. The summed E-state index contributed by atoms with van der Waals surface area (Å²) in [6.07, 6.45) is 0. The van der Waals surface area contributed by atoms with E-state index in [4.69, 9.17) is 10.5 Å². The Labute approximate surface area is 92.8 Å². The molecule has 15 heavy (non-hydrogen) atoms. The van der Waals surface area contributed by atoms with Crippen LogP contribution in [0.5, 0.6) is 0 Å². The molecule has 0 aliphatic rings. The van der Waals surface area contributed by atoms with Crippen LogP contribution in [0.3, 0.4) is 0 Å². The number of likely N-dealkylation sites (N-methyl/N-ethyl adjacent to an activating group) is 1. The summed E-state index contributed by atoms with van der Waals surface area (Å²) in [5.41, 5.74) is 5.71. The summed E-state index contributed by atoms with van der Waals surface area (Å²) in [5, 5.41) is 0. The number of ether oxygens (including phenoxy) is 1. The SMILES string of the molecule is CCOCCN(CC)C(=O)C(C)C(C)N. The molecule has 0 aromatic heterocycles. The summed E-state index contributed by atoms with van der Waals surface area (Å²) >= 11 is 0. The molecule has 0 saturated heterocycles. The zero-order chi connectivity index (χ0) is 11.8. The second-order valence-electron chi connectivity index (χ2n) is 3.76. The first-order valence-electron chi connectivity index (χ1n) is 5.66. The number of amides is 1. The molecule has 0 spiro atoms. The molecule has 0 fully saturated rings. The molecule has 0 heterocycles. The van der Waals surface area contributed by atoms with Crippen LogP contribution in [-0.4, -0.2) is 43.2 Å². The van der Waals surface area contributed by atoms with E-state index in [2.05, 4.69) is 0 Å². The number of carbonyl (C=O) groups excluding carboxylic acids is 1. The predicted octanol–water partition coefficient (Wildman–Crippen LogP) is 0.855. The van der Waals surface area contributed by atoms with Gasteiger partial charge < -0.3 is 15.4 Å². The van der Waals surface area contributed by atoms with Crippen LogP contribution in [0.2, 0.25) is 0 Å². The number of nitrogens with two attached hydrogens (primary N) is 1. The Kier molecular flexibility index (Phi) is 7.34. The molecule has 0 aromatic carbocycles. The minimum absolute atomic E-state index is 0.0985. The van der Waals surface area contributed by atoms with Gasteiger partial charge in [0.05, 0.1) is 12.5 Å². The van der Waals surface area contributed by atoms with Crippen molar-refractivity contribution in [2.75, 3.05) is 26.3 Å². The van der Waals surface area contributed by atoms with Crippen LogP contribution in [0, 0.1) is 5.92 Å². The van der Waals surface area contributed by atoms with Crippen LogP contribution in [0.4, 0.5) is 0 Å². The molecular formula is C11H24N2O2. The minimum atomic E-state index is -0.119. The highest BCUT2D eigenvalue weighted by molar-refractivity contribution is 5.79. The second kappa shape index (κ2) is 7.65. The van der Waals surface area contributed by atoms with Crippen molar-refractivity contribution in [2.24, 2.45) is 11.7 Å². The van der Waals surface area contributed by atoms with Gasteiger partial charge in [-0.1, -0.05) is 6.92 Å². The van der Waals surface area contributed by atoms with Gasteiger partial charge in [0.15, 0.2) is 0 Å². The summed E-state index contributed by atoms with van der Waals surface area (Å²) < 4.78 is 5.23. The van der Waals surface area contributed by atoms with E-state index in [1.54, 1.807) is 4.90 Å². The number of carbonyl (C=O) groups is 1. The van der Waals surface area contributed by atoms with Crippen molar-refractivity contribution in [1.82, 2.24) is 4.90 Å². The number of hydrogen-bond donors (Lipinski definition) is 1. The number of nitrogens with zero attached hydrogens (tertiary/aromatic N) is 1. The Morgan fingerprint density at radius 1 is 1.40 bits per heavy atom. The number of hydrogen-bond acceptors (Lipinski definition) is 3. The van der Waals surface area contributed by atoms with Gasteiger partial charge in [-0.15, -0.1) is 0 Å². The molecule has 0 saturated carbocycles. The molecule has 0 rings (SSSR count). The van der Waals surface area contributed by atoms with Crippen molar-refractivity contribution in [2.45, 2.75) is 33.7 Å². The summed E-state index contributed by atoms with van der Waals surface area (Å²) in [6, 6.07) is -0.0985. The van der Waals surface area contributed by atoms with Gasteiger partial charge in [-0.3, -0.25) is 4.79 Å². The molecule has 4 nitrogen and oxygen atoms in total. The third kappa shape index (κ3) is 5.14. The highest BCUT2D eigenvalue weighted by Crippen LogP contribution is 2.05. The zero-order valence-corrected chi connectivity index (χ0v) is 10.3. The zero-order valence-electron chi connectivity index (χ0n) is 10.3. The van der Waals surface area contributed by atoms with Gasteiger partial charge in [-0.2, -0.15) is 0 Å². The van der Waals surface area contributed by atoms with Gasteiger partial charge in [0.25, 0.3) is 0 Å². The summed E-state index contributed by atoms with van der Waals surface area (Å²) in [5.74, 6) is -0.00113. The van der Waals surface area contributed by atoms with Gasteiger partial charge >= 0.3 is 0 Å². The van der Waals surface area contributed by atoms with E-state index in [-0.39, 0.29) is 17.9 Å². The van der Waals surface area contributed by atoms with E-state index in [1.807, 2.05) is 27.7 Å². The summed E-state index contributed by atoms with van der Waals surface area (Å²) in [7, 11) is 0. The van der Waals surface area contributed by atoms with Crippen LogP contribution < -0.4 is 5.73 Å². The summed E-state index contributed by atoms with van der Waals surface area (Å²) in [6.45, 7) is 10.3. The van der Waals surface area contributed by atoms with Gasteiger partial charge in [-0.25, -0.2) is 0 Å². The van der Waals surface area contributed by atoms with E-state index in [0.29, 0.717) is 26.3 Å². The Bertz CT molecular complexity index is 183. The van der Waals surface area contributed by atoms with Crippen molar-refractivity contribution >= 4 is 5.91 Å². The lowest BCUT2D eigenvalue weighted by atomic mass is 10.0. The van der Waals surface area contributed by atoms with Crippen molar-refractivity contribution < 1.29 is 9.53 Å². The normalized spacial score (nSPS) is 14.7. The molecule has 2 atom stereocenters. The molecule has 0 radical (unpaired) electrons. The molecule has 0 bridgehead atoms. The van der Waals surface area contributed by atoms with E-state index in [1.165, 1.54) is 0 Å². The average Bonchev–Trinajstić information content (AvgIpc) is 2.22. The van der Waals surface area contributed by atoms with E-state index >= 15 is 0 Å². The van der Waals surface area contributed by atoms with Crippen LogP contribution in [-0.2, 0) is 9.53 Å². The molecule has 2 unspecified atom stereocenters. The van der Waals surface area contributed by atoms with E-state index < -0.39 is 0 Å². The lowest BCUT2D eigenvalue weighted by molar-refractivity contribution is -0.136. The van der Waals surface area contributed by atoms with Crippen molar-refractivity contribution in [3.8, 4) is 0 Å². The fraction of sp³-hybridized carbons (Fsp3) is 0.909. The lowest BCUT2D eigenvalue weighted by Gasteiger charge is -2.25. The number of rotatable bonds is 7. The first kappa shape index (κ1) is 14.4. The fourth-order valence-corrected chi connectivity index (χ4v) is 1.26. The maximum Gasteiger partial charge on any atom is 0.227 e. The predicted molar refractivity (Wildman–Crippen MR) is 61.6 cm³/mol. The van der Waals surface area contributed by atoms with Gasteiger partial charge in [-0.05, 0) is 20.8 Å². The van der Waals surface area contributed by atoms with E-state index in [0.717, 1.165) is 0 Å². The van der Waals surface area contributed by atoms with Crippen molar-refractivity contribution in [3.05, 3.63) is 0 Å². The van der Waals surface area contributed by atoms with Crippen LogP contribution in [0.25, 0.3) is 0 Å². The third-order valence-electron chi connectivity index (χ3n) is 2.58. The monoisotopic (exact) mass is 216 g/mol. The molecule has 90 valence electrons. The minimum Gasteiger partial charge on any atom is -0.380 e. The van der Waals surface area contributed by atoms with Crippen LogP contribution >= 0.6 is 0 Å². The first-order valence-corrected chi connectivity index (χ1v) is 5.66. The highest BCUT2D eigenvalue weighted by atomic mass is 16.5. The first-order chi connectivity index (χ1) is 7.04. The van der Waals surface area contributed by atoms with Crippen molar-refractivity contribution in [3.63, 3.8) is 0 Å². The average molecular weight is 216 g/mol. The maximum absolute atomic E-state index is 11.9. The molecular weight excluding hydrogens is 192 g/mol. The van der Waals surface area contributed by atoms with Gasteiger partial charge in [0.2, 0.25) is 5.91 Å². The molecule has 0 aliphatic carbocycles. The van der Waals surface area contributed by atoms with Crippen molar-refractivity contribution in [1.29, 1.82) is 0 Å². The van der Waals surface area contributed by atoms with Gasteiger partial charge in [0.1, 0.15) is 0 Å². The van der Waals surface area contributed by atoms with Crippen LogP contribution in [0.1, 0.15) is 27.7 Å². The molecule has 0 aromatic rings. The maximum atomic E-state index is 11.9. The Morgan fingerprint density at radius 3 is 2.40 bits per heavy atom. The Morgan fingerprint density at radius 2 is 2.00 bits per heavy atom. The summed E-state index contributed by atoms with van der Waals surface area (Å²) in [4.78, 5) is 13.7. The van der Waals surface area contributed by atoms with Gasteiger partial charge in [0, 0.05) is 25.7 Å². The van der Waals surface area contributed by atoms with Crippen LogP contribution in [0.15, 0.2) is 0 Å². The standard InChI is InChI=1S/C11H24N2O2/c1-5-13(7-8-15-6-2)11(14)9(3)10(4)12/h9-10H,5-8,12H2,1-4H3. The lowest BCUT2D eigenvalue weighted by Crippen LogP contribution is -2.43. The molecule has 2 N–H and O–H groups in total. The topological polar surface area (TPSA) is 55.6 Å². The smallest absolute Gasteiger partial charge is 0.227 e. The molecule has 4 heteroatoms. The Hall–Kier alpha value is -0.610. The molecule has 1 amide bonds. The second-order valence-corrected chi connectivity index (χ2v) is 3.76. The van der Waals surface area contributed by atoms with E-state index in [9.17, 15) is 4.79 Å². The fourth-order valence-electron chi connectivity index (χ4n) is 1.26. The quantitative estimate of drug-likeness (QED) is 0.642. The molecule has 0 aliphatic heterocycles. The third-order valence-corrected chi connectivity index (χ3v) is 2.58. The highest BCUT2D eigenvalue weighted by Gasteiger charge is 2.21.